The highest BCUT2D eigenvalue weighted by atomic mass is 16.7. The van der Waals surface area contributed by atoms with Gasteiger partial charge in [-0.2, -0.15) is 0 Å². The lowest BCUT2D eigenvalue weighted by Crippen LogP contribution is -2.67. The Morgan fingerprint density at radius 3 is 2.18 bits per heavy atom. The molecule has 8 heteroatoms. The van der Waals surface area contributed by atoms with Crippen molar-refractivity contribution in [2.24, 2.45) is 45.3 Å². The Bertz CT molecular complexity index is 1070. The van der Waals surface area contributed by atoms with Crippen molar-refractivity contribution in [3.63, 3.8) is 0 Å². The van der Waals surface area contributed by atoms with Crippen LogP contribution in [0.4, 0.5) is 0 Å². The zero-order valence-corrected chi connectivity index (χ0v) is 28.5. The second kappa shape index (κ2) is 11.8. The lowest BCUT2D eigenvalue weighted by atomic mass is 9.35. The zero-order chi connectivity index (χ0) is 32.6. The van der Waals surface area contributed by atoms with E-state index in [0.29, 0.717) is 18.3 Å². The Hall–Kier alpha value is -0.580. The van der Waals surface area contributed by atoms with Gasteiger partial charge in [0.05, 0.1) is 24.4 Å². The first-order chi connectivity index (χ1) is 20.3. The number of rotatable bonds is 7. The van der Waals surface area contributed by atoms with Gasteiger partial charge in [-0.3, -0.25) is 0 Å². The monoisotopic (exact) mass is 622 g/mol. The Labute approximate surface area is 265 Å². The van der Waals surface area contributed by atoms with Crippen LogP contribution in [0.15, 0.2) is 11.6 Å². The van der Waals surface area contributed by atoms with Gasteiger partial charge in [0.1, 0.15) is 24.4 Å². The van der Waals surface area contributed by atoms with Crippen molar-refractivity contribution in [2.45, 2.75) is 162 Å². The number of fused-ring (bicyclic) bond motifs is 5. The van der Waals surface area contributed by atoms with E-state index in [1.165, 1.54) is 5.57 Å². The number of ether oxygens (including phenoxy) is 2. The van der Waals surface area contributed by atoms with Gasteiger partial charge in [0.25, 0.3) is 0 Å². The minimum atomic E-state index is -1.46. The third-order valence-corrected chi connectivity index (χ3v) is 14.5. The van der Waals surface area contributed by atoms with Gasteiger partial charge in [0, 0.05) is 0 Å². The molecule has 5 rings (SSSR count). The van der Waals surface area contributed by atoms with Crippen LogP contribution in [0.1, 0.15) is 113 Å². The van der Waals surface area contributed by atoms with Gasteiger partial charge in [0.2, 0.25) is 0 Å². The molecule has 0 unspecified atom stereocenters. The summed E-state index contributed by atoms with van der Waals surface area (Å²) in [5, 5.41) is 64.8. The first-order valence-corrected chi connectivity index (χ1v) is 17.3. The van der Waals surface area contributed by atoms with Crippen molar-refractivity contribution in [3.8, 4) is 0 Å². The summed E-state index contributed by atoms with van der Waals surface area (Å²) in [5.74, 6) is 0.792. The molecule has 1 saturated heterocycles. The topological polar surface area (TPSA) is 140 Å². The second-order valence-electron chi connectivity index (χ2n) is 17.3. The molecule has 6 N–H and O–H groups in total. The van der Waals surface area contributed by atoms with E-state index in [1.807, 2.05) is 6.92 Å². The highest BCUT2D eigenvalue weighted by Gasteiger charge is 2.71. The minimum Gasteiger partial charge on any atom is -0.394 e. The molecule has 1 aliphatic heterocycles. The van der Waals surface area contributed by atoms with Gasteiger partial charge in [0.15, 0.2) is 6.29 Å². The Kier molecular flexibility index (Phi) is 9.35. The molecule has 254 valence electrons. The van der Waals surface area contributed by atoms with E-state index in [4.69, 9.17) is 9.47 Å². The molecule has 1 heterocycles. The first kappa shape index (κ1) is 34.7. The van der Waals surface area contributed by atoms with Gasteiger partial charge in [-0.05, 0) is 124 Å². The van der Waals surface area contributed by atoms with Crippen LogP contribution in [0.5, 0.6) is 0 Å². The Morgan fingerprint density at radius 1 is 0.886 bits per heavy atom. The molecule has 0 amide bonds. The number of hydrogen-bond donors (Lipinski definition) is 6. The van der Waals surface area contributed by atoms with Crippen LogP contribution in [0.2, 0.25) is 0 Å². The highest BCUT2D eigenvalue weighted by Crippen LogP contribution is 2.76. The summed E-state index contributed by atoms with van der Waals surface area (Å²) in [6.45, 7) is 17.5. The van der Waals surface area contributed by atoms with E-state index in [0.717, 1.165) is 51.4 Å². The second-order valence-corrected chi connectivity index (χ2v) is 17.3. The van der Waals surface area contributed by atoms with Crippen LogP contribution in [-0.4, -0.2) is 85.8 Å². The number of aliphatic hydroxyl groups is 6. The number of hydrogen-bond acceptors (Lipinski definition) is 8. The van der Waals surface area contributed by atoms with E-state index < -0.39 is 49.0 Å². The molecule has 5 aliphatic rings. The third-order valence-electron chi connectivity index (χ3n) is 14.5. The van der Waals surface area contributed by atoms with E-state index >= 15 is 0 Å². The third kappa shape index (κ3) is 5.26. The molecule has 0 aromatic heterocycles. The van der Waals surface area contributed by atoms with E-state index in [-0.39, 0.29) is 39.6 Å². The molecular weight excluding hydrogens is 560 g/mol. The van der Waals surface area contributed by atoms with Crippen molar-refractivity contribution < 1.29 is 40.1 Å². The van der Waals surface area contributed by atoms with Crippen molar-refractivity contribution in [1.82, 2.24) is 0 Å². The SMILES string of the molecule is CC(C)=CCC[C@](C)(O)[C@H]1CC[C@@]2(C)[C@H]1[C@@H](O)C[C@H]1[C@@]3(C)CC[C@@H](O[C@@H]4O[C@H](CO)[C@@H](O)[C@H](O)[C@H]4O)C(C)(C)[C@@H]3CC[C@]12C. The molecule has 44 heavy (non-hydrogen) atoms. The summed E-state index contributed by atoms with van der Waals surface area (Å²) in [5.41, 5.74) is 0.122. The molecule has 5 fully saturated rings. The quantitative estimate of drug-likeness (QED) is 0.182. The predicted octanol–water partition coefficient (Wildman–Crippen LogP) is 4.32. The van der Waals surface area contributed by atoms with Crippen molar-refractivity contribution in [2.75, 3.05) is 6.61 Å². The average Bonchev–Trinajstić information content (AvgIpc) is 3.32. The number of allylic oxidation sites excluding steroid dienone is 2. The first-order valence-electron chi connectivity index (χ1n) is 17.3. The molecule has 15 atom stereocenters. The summed E-state index contributed by atoms with van der Waals surface area (Å²) in [6.07, 6.45) is 3.15. The Morgan fingerprint density at radius 2 is 1.55 bits per heavy atom. The van der Waals surface area contributed by atoms with Crippen molar-refractivity contribution >= 4 is 0 Å². The van der Waals surface area contributed by atoms with Crippen LogP contribution < -0.4 is 0 Å². The van der Waals surface area contributed by atoms with Crippen LogP contribution in [-0.2, 0) is 9.47 Å². The molecule has 4 aliphatic carbocycles. The molecular formula is C36H62O8. The fourth-order valence-electron chi connectivity index (χ4n) is 11.9. The fourth-order valence-corrected chi connectivity index (χ4v) is 11.9. The molecule has 4 saturated carbocycles. The van der Waals surface area contributed by atoms with E-state index in [1.54, 1.807) is 0 Å². The van der Waals surface area contributed by atoms with Crippen LogP contribution >= 0.6 is 0 Å². The summed E-state index contributed by atoms with van der Waals surface area (Å²) in [6, 6.07) is 0. The molecule has 0 aromatic rings. The number of aliphatic hydroxyl groups excluding tert-OH is 5. The van der Waals surface area contributed by atoms with Crippen LogP contribution in [0.25, 0.3) is 0 Å². The predicted molar refractivity (Wildman–Crippen MR) is 168 cm³/mol. The molecule has 0 spiro atoms. The maximum absolute atomic E-state index is 12.0. The van der Waals surface area contributed by atoms with Crippen LogP contribution in [0.3, 0.4) is 0 Å². The standard InChI is InChI=1S/C36H62O8/c1-20(2)10-9-14-36(8,42)21-11-16-35(7)27(21)22(38)18-25-33(5)15-13-26(32(3,4)24(33)12-17-34(25,35)6)44-31-30(41)29(40)28(39)23(19-37)43-31/h10,21-31,37-42H,9,11-19H2,1-8H3/t21-,22-,23+,24-,25-,26+,27+,28+,29-,30+,31-,33-,34+,35-,36-/m0/s1. The summed E-state index contributed by atoms with van der Waals surface area (Å²) in [4.78, 5) is 0. The normalized spacial score (nSPS) is 51.5. The van der Waals surface area contributed by atoms with Gasteiger partial charge in [-0.1, -0.05) is 46.3 Å². The van der Waals surface area contributed by atoms with Gasteiger partial charge in [-0.25, -0.2) is 0 Å². The largest absolute Gasteiger partial charge is 0.394 e. The van der Waals surface area contributed by atoms with E-state index in [9.17, 15) is 30.6 Å². The van der Waals surface area contributed by atoms with E-state index in [2.05, 4.69) is 54.5 Å². The zero-order valence-electron chi connectivity index (χ0n) is 28.5. The van der Waals surface area contributed by atoms with Gasteiger partial charge in [-0.15, -0.1) is 0 Å². The maximum atomic E-state index is 12.0. The summed E-state index contributed by atoms with van der Waals surface area (Å²) < 4.78 is 12.2. The summed E-state index contributed by atoms with van der Waals surface area (Å²) >= 11 is 0. The van der Waals surface area contributed by atoms with Crippen LogP contribution in [0, 0.1) is 45.3 Å². The van der Waals surface area contributed by atoms with Crippen molar-refractivity contribution in [1.29, 1.82) is 0 Å². The maximum Gasteiger partial charge on any atom is 0.186 e. The average molecular weight is 623 g/mol. The highest BCUT2D eigenvalue weighted by molar-refractivity contribution is 5.20. The summed E-state index contributed by atoms with van der Waals surface area (Å²) in [7, 11) is 0. The van der Waals surface area contributed by atoms with Gasteiger partial charge < -0.3 is 40.1 Å². The lowest BCUT2D eigenvalue weighted by molar-refractivity contribution is -0.332. The molecule has 8 nitrogen and oxygen atoms in total. The molecule has 0 bridgehead atoms. The van der Waals surface area contributed by atoms with Crippen molar-refractivity contribution in [3.05, 3.63) is 11.6 Å². The molecule has 0 aromatic carbocycles. The fraction of sp³-hybridized carbons (Fsp3) is 0.944. The Balaban J connectivity index is 1.37. The smallest absolute Gasteiger partial charge is 0.186 e. The minimum absolute atomic E-state index is 0.0231. The lowest BCUT2D eigenvalue weighted by Gasteiger charge is -2.70. The molecule has 0 radical (unpaired) electrons. The van der Waals surface area contributed by atoms with Gasteiger partial charge >= 0.3 is 0 Å².